The number of cyclic esters (lactones) is 1. The summed E-state index contributed by atoms with van der Waals surface area (Å²) in [5, 5.41) is 17.7. The van der Waals surface area contributed by atoms with Crippen LogP contribution in [0.1, 0.15) is 84.0 Å². The first kappa shape index (κ1) is 21.8. The van der Waals surface area contributed by atoms with Crippen molar-refractivity contribution in [1.29, 1.82) is 0 Å². The van der Waals surface area contributed by atoms with Crippen LogP contribution in [-0.4, -0.2) is 31.0 Å². The molecule has 1 aliphatic rings. The first-order valence-electron chi connectivity index (χ1n) is 10.0. The Labute approximate surface area is 152 Å². The highest BCUT2D eigenvalue weighted by Crippen LogP contribution is 2.29. The summed E-state index contributed by atoms with van der Waals surface area (Å²) in [5.74, 6) is -0.284. The number of carbonyl (C=O) groups is 1. The topological polar surface area (TPSA) is 71.2 Å². The molecule has 25 heavy (non-hydrogen) atoms. The molecule has 0 amide bonds. The van der Waals surface area contributed by atoms with Crippen LogP contribution in [0.25, 0.3) is 0 Å². The van der Waals surface area contributed by atoms with Gasteiger partial charge in [-0.1, -0.05) is 71.1 Å². The summed E-state index contributed by atoms with van der Waals surface area (Å²) in [6.07, 6.45) is 15.2. The highest BCUT2D eigenvalue weighted by molar-refractivity contribution is 5.85. The van der Waals surface area contributed by atoms with E-state index >= 15 is 0 Å². The monoisotopic (exact) mass is 352 g/mol. The molecule has 0 aromatic rings. The van der Waals surface area contributed by atoms with Gasteiger partial charge in [0, 0.05) is 18.7 Å². The van der Waals surface area contributed by atoms with Crippen molar-refractivity contribution in [2.45, 2.75) is 90.3 Å². The minimum atomic E-state index is -1.07. The highest BCUT2D eigenvalue weighted by atomic mass is 16.6. The van der Waals surface area contributed by atoms with Gasteiger partial charge >= 0.3 is 5.97 Å². The van der Waals surface area contributed by atoms with Gasteiger partial charge in [0.1, 0.15) is 0 Å². The molecule has 0 aromatic carbocycles. The number of aliphatic hydroxyl groups is 1. The molecule has 5 heteroatoms. The number of hydrogen-bond acceptors (Lipinski definition) is 5. The van der Waals surface area contributed by atoms with E-state index in [-0.39, 0.29) is 5.92 Å². The molecule has 0 bridgehead atoms. The zero-order chi connectivity index (χ0) is 18.3. The largest absolute Gasteiger partial charge is 0.429 e. The first-order chi connectivity index (χ1) is 12.2. The number of ether oxygens (including phenoxy) is 1. The molecule has 5 nitrogen and oxygen atoms in total. The van der Waals surface area contributed by atoms with Crippen molar-refractivity contribution >= 4 is 5.97 Å². The lowest BCUT2D eigenvalue weighted by atomic mass is 9.89. The van der Waals surface area contributed by atoms with Gasteiger partial charge in [0.05, 0.1) is 6.54 Å². The van der Waals surface area contributed by atoms with E-state index in [9.17, 15) is 9.90 Å². The van der Waals surface area contributed by atoms with Crippen LogP contribution in [-0.2, 0) is 9.53 Å². The third kappa shape index (κ3) is 9.73. The Bertz CT molecular complexity index is 421. The quantitative estimate of drug-likeness (QED) is 0.250. The van der Waals surface area contributed by atoms with Crippen LogP contribution < -0.4 is 0 Å². The predicted octanol–water partition coefficient (Wildman–Crippen LogP) is 5.19. The van der Waals surface area contributed by atoms with Crippen LogP contribution in [0, 0.1) is 5.92 Å². The maximum atomic E-state index is 11.3. The Morgan fingerprint density at radius 3 is 2.16 bits per heavy atom. The van der Waals surface area contributed by atoms with Crippen LogP contribution in [0.15, 0.2) is 21.9 Å². The fourth-order valence-corrected chi connectivity index (χ4v) is 3.41. The molecule has 0 aliphatic carbocycles. The van der Waals surface area contributed by atoms with Crippen molar-refractivity contribution in [3.05, 3.63) is 11.6 Å². The minimum Gasteiger partial charge on any atom is -0.429 e. The van der Waals surface area contributed by atoms with Crippen LogP contribution in [0.5, 0.6) is 0 Å². The average Bonchev–Trinajstić information content (AvgIpc) is 2.93. The Morgan fingerprint density at radius 1 is 1.04 bits per heavy atom. The molecule has 0 radical (unpaired) electrons. The fourth-order valence-electron chi connectivity index (χ4n) is 3.41. The van der Waals surface area contributed by atoms with E-state index in [2.05, 4.69) is 17.2 Å². The van der Waals surface area contributed by atoms with Crippen LogP contribution in [0.2, 0.25) is 0 Å². The van der Waals surface area contributed by atoms with Crippen LogP contribution in [0.3, 0.4) is 0 Å². The van der Waals surface area contributed by atoms with Gasteiger partial charge in [0.2, 0.25) is 6.29 Å². The summed E-state index contributed by atoms with van der Waals surface area (Å²) in [4.78, 5) is 11.3. The summed E-state index contributed by atoms with van der Waals surface area (Å²) < 4.78 is 4.83. The number of rotatable bonds is 15. The molecular weight excluding hydrogens is 316 g/mol. The SMILES string of the molecule is CCCCCCCCCCCCC(CCN=NC)C1=CC(=O)OC1O. The Balaban J connectivity index is 2.20. The van der Waals surface area contributed by atoms with Gasteiger partial charge in [-0.3, -0.25) is 0 Å². The lowest BCUT2D eigenvalue weighted by Crippen LogP contribution is -2.17. The number of hydrogen-bond donors (Lipinski definition) is 1. The molecule has 1 rings (SSSR count). The highest BCUT2D eigenvalue weighted by Gasteiger charge is 2.29. The zero-order valence-corrected chi connectivity index (χ0v) is 16.1. The van der Waals surface area contributed by atoms with Crippen molar-refractivity contribution in [3.8, 4) is 0 Å². The lowest BCUT2D eigenvalue weighted by molar-refractivity contribution is -0.151. The molecule has 0 spiro atoms. The second-order valence-electron chi connectivity index (χ2n) is 6.95. The number of aliphatic hydroxyl groups excluding tert-OH is 1. The van der Waals surface area contributed by atoms with E-state index in [1.165, 1.54) is 63.9 Å². The van der Waals surface area contributed by atoms with Gasteiger partial charge in [-0.2, -0.15) is 10.2 Å². The Kier molecular flexibility index (Phi) is 12.2. The first-order valence-corrected chi connectivity index (χ1v) is 10.0. The van der Waals surface area contributed by atoms with Crippen molar-refractivity contribution in [3.63, 3.8) is 0 Å². The average molecular weight is 353 g/mol. The lowest BCUT2D eigenvalue weighted by Gasteiger charge is -2.19. The number of unbranched alkanes of at least 4 members (excludes halogenated alkanes) is 9. The van der Waals surface area contributed by atoms with Gasteiger partial charge in [0.15, 0.2) is 0 Å². The van der Waals surface area contributed by atoms with Gasteiger partial charge in [-0.15, -0.1) is 0 Å². The molecule has 1 heterocycles. The molecule has 0 aromatic heterocycles. The van der Waals surface area contributed by atoms with E-state index in [1.54, 1.807) is 7.05 Å². The third-order valence-electron chi connectivity index (χ3n) is 4.89. The van der Waals surface area contributed by atoms with Gasteiger partial charge in [-0.25, -0.2) is 4.79 Å². The van der Waals surface area contributed by atoms with Crippen molar-refractivity contribution in [2.75, 3.05) is 13.6 Å². The fraction of sp³-hybridized carbons (Fsp3) is 0.850. The normalized spacial score (nSPS) is 18.6. The van der Waals surface area contributed by atoms with E-state index < -0.39 is 12.3 Å². The second-order valence-corrected chi connectivity index (χ2v) is 6.95. The predicted molar refractivity (Wildman–Crippen MR) is 100 cm³/mol. The smallest absolute Gasteiger partial charge is 0.333 e. The summed E-state index contributed by atoms with van der Waals surface area (Å²) in [6, 6.07) is 0. The van der Waals surface area contributed by atoms with Crippen LogP contribution >= 0.6 is 0 Å². The number of azo groups is 1. The molecular formula is C20H36N2O3. The summed E-state index contributed by atoms with van der Waals surface area (Å²) >= 11 is 0. The minimum absolute atomic E-state index is 0.154. The van der Waals surface area contributed by atoms with E-state index in [0.717, 1.165) is 19.3 Å². The number of carbonyl (C=O) groups excluding carboxylic acids is 1. The maximum Gasteiger partial charge on any atom is 0.333 e. The van der Waals surface area contributed by atoms with E-state index in [4.69, 9.17) is 4.74 Å². The molecule has 1 N–H and O–H groups in total. The molecule has 2 atom stereocenters. The van der Waals surface area contributed by atoms with E-state index in [0.29, 0.717) is 12.1 Å². The number of esters is 1. The van der Waals surface area contributed by atoms with Crippen molar-refractivity contribution in [1.82, 2.24) is 0 Å². The van der Waals surface area contributed by atoms with Gasteiger partial charge in [0.25, 0.3) is 0 Å². The third-order valence-corrected chi connectivity index (χ3v) is 4.89. The van der Waals surface area contributed by atoms with Gasteiger partial charge < -0.3 is 9.84 Å². The van der Waals surface area contributed by atoms with E-state index in [1.807, 2.05) is 0 Å². The van der Waals surface area contributed by atoms with Crippen molar-refractivity contribution < 1.29 is 14.6 Å². The maximum absolute atomic E-state index is 11.3. The molecule has 1 aliphatic heterocycles. The summed E-state index contributed by atoms with van der Waals surface area (Å²) in [5.41, 5.74) is 0.715. The molecule has 0 fully saturated rings. The molecule has 2 unspecified atom stereocenters. The zero-order valence-electron chi connectivity index (χ0n) is 16.1. The van der Waals surface area contributed by atoms with Crippen molar-refractivity contribution in [2.24, 2.45) is 16.1 Å². The molecule has 144 valence electrons. The molecule has 0 saturated carbocycles. The second kappa shape index (κ2) is 14.0. The molecule has 0 saturated heterocycles. The number of nitrogens with zero attached hydrogens (tertiary/aromatic N) is 2. The van der Waals surface area contributed by atoms with Crippen LogP contribution in [0.4, 0.5) is 0 Å². The Hall–Kier alpha value is -1.23. The van der Waals surface area contributed by atoms with Gasteiger partial charge in [-0.05, 0) is 18.8 Å². The Morgan fingerprint density at radius 2 is 1.64 bits per heavy atom. The summed E-state index contributed by atoms with van der Waals surface area (Å²) in [6.45, 7) is 2.87. The summed E-state index contributed by atoms with van der Waals surface area (Å²) in [7, 11) is 1.66. The standard InChI is InChI=1S/C20H36N2O3/c1-3-4-5-6-7-8-9-10-11-12-13-17(14-15-22-21-2)18-16-19(23)25-20(18)24/h16-17,20,24H,3-15H2,1-2H3.